The number of carbonyl (C=O) groups excluding carboxylic acids is 1. The number of thioether (sulfide) groups is 1. The normalized spacial score (nSPS) is 16.6. The molecule has 0 spiro atoms. The van der Waals surface area contributed by atoms with Crippen LogP contribution in [0.25, 0.3) is 0 Å². The number of rotatable bonds is 4. The van der Waals surface area contributed by atoms with Gasteiger partial charge in [0.25, 0.3) is 0 Å². The van der Waals surface area contributed by atoms with Crippen molar-refractivity contribution in [2.45, 2.75) is 45.0 Å². The van der Waals surface area contributed by atoms with Crippen molar-refractivity contribution < 1.29 is 9.53 Å². The van der Waals surface area contributed by atoms with Gasteiger partial charge in [-0.3, -0.25) is 4.98 Å². The van der Waals surface area contributed by atoms with Crippen molar-refractivity contribution >= 4 is 17.9 Å². The van der Waals surface area contributed by atoms with Gasteiger partial charge in [0, 0.05) is 31.2 Å². The molecule has 2 rings (SSSR count). The lowest BCUT2D eigenvalue weighted by atomic mass is 9.99. The summed E-state index contributed by atoms with van der Waals surface area (Å²) in [7, 11) is 0. The summed E-state index contributed by atoms with van der Waals surface area (Å²) < 4.78 is 5.43. The van der Waals surface area contributed by atoms with Gasteiger partial charge in [-0.2, -0.15) is 11.8 Å². The van der Waals surface area contributed by atoms with Crippen molar-refractivity contribution in [2.24, 2.45) is 5.92 Å². The molecule has 122 valence electrons. The molecule has 1 saturated heterocycles. The van der Waals surface area contributed by atoms with Gasteiger partial charge in [-0.25, -0.2) is 4.79 Å². The fourth-order valence-electron chi connectivity index (χ4n) is 2.44. The molecule has 2 heterocycles. The van der Waals surface area contributed by atoms with E-state index >= 15 is 0 Å². The van der Waals surface area contributed by atoms with Crippen molar-refractivity contribution in [1.29, 1.82) is 0 Å². The van der Waals surface area contributed by atoms with E-state index in [9.17, 15) is 4.79 Å². The van der Waals surface area contributed by atoms with Gasteiger partial charge in [-0.1, -0.05) is 6.07 Å². The Morgan fingerprint density at radius 2 is 2.14 bits per heavy atom. The summed E-state index contributed by atoms with van der Waals surface area (Å²) in [5.41, 5.74) is 0.867. The molecular formula is C17H26N2O2S. The van der Waals surface area contributed by atoms with Crippen LogP contribution in [0.1, 0.15) is 39.2 Å². The van der Waals surface area contributed by atoms with E-state index in [1.807, 2.05) is 49.7 Å². The molecule has 0 aromatic carbocycles. The molecule has 5 heteroatoms. The largest absolute Gasteiger partial charge is 0.444 e. The van der Waals surface area contributed by atoms with Gasteiger partial charge in [-0.15, -0.1) is 0 Å². The minimum absolute atomic E-state index is 0.172. The number of piperidine rings is 1. The van der Waals surface area contributed by atoms with E-state index in [-0.39, 0.29) is 6.09 Å². The Bertz CT molecular complexity index is 465. The summed E-state index contributed by atoms with van der Waals surface area (Å²) in [5, 5.41) is 0. The topological polar surface area (TPSA) is 42.4 Å². The molecule has 1 aliphatic rings. The summed E-state index contributed by atoms with van der Waals surface area (Å²) in [4.78, 5) is 18.0. The lowest BCUT2D eigenvalue weighted by molar-refractivity contribution is 0.0191. The second kappa shape index (κ2) is 7.86. The number of likely N-dealkylation sites (tertiary alicyclic amines) is 1. The molecule has 0 unspecified atom stereocenters. The van der Waals surface area contributed by atoms with E-state index in [4.69, 9.17) is 4.74 Å². The molecule has 1 aliphatic heterocycles. The fraction of sp³-hybridized carbons (Fsp3) is 0.647. The highest BCUT2D eigenvalue weighted by atomic mass is 32.2. The summed E-state index contributed by atoms with van der Waals surface area (Å²) in [6.07, 6.45) is 5.70. The van der Waals surface area contributed by atoms with Crippen LogP contribution >= 0.6 is 11.8 Å². The smallest absolute Gasteiger partial charge is 0.410 e. The molecule has 22 heavy (non-hydrogen) atoms. The Morgan fingerprint density at radius 3 is 2.73 bits per heavy atom. The van der Waals surface area contributed by atoms with Gasteiger partial charge in [0.15, 0.2) is 0 Å². The molecular weight excluding hydrogens is 296 g/mol. The number of ether oxygens (including phenoxy) is 1. The van der Waals surface area contributed by atoms with Crippen molar-refractivity contribution in [3.8, 4) is 0 Å². The van der Waals surface area contributed by atoms with Crippen LogP contribution in [-0.2, 0) is 10.5 Å². The summed E-state index contributed by atoms with van der Waals surface area (Å²) in [5.74, 6) is 2.86. The van der Waals surface area contributed by atoms with Crippen LogP contribution in [-0.4, -0.2) is 40.4 Å². The number of carbonyl (C=O) groups is 1. The summed E-state index contributed by atoms with van der Waals surface area (Å²) in [6.45, 7) is 7.35. The first-order valence-corrected chi connectivity index (χ1v) is 9.04. The van der Waals surface area contributed by atoms with Gasteiger partial charge in [0.05, 0.1) is 0 Å². The Balaban J connectivity index is 1.66. The predicted molar refractivity (Wildman–Crippen MR) is 90.9 cm³/mol. The minimum Gasteiger partial charge on any atom is -0.444 e. The molecule has 0 N–H and O–H groups in total. The maximum absolute atomic E-state index is 12.0. The average molecular weight is 322 g/mol. The quantitative estimate of drug-likeness (QED) is 0.841. The van der Waals surface area contributed by atoms with Gasteiger partial charge in [-0.05, 0) is 56.9 Å². The molecule has 1 aromatic rings. The molecule has 4 nitrogen and oxygen atoms in total. The molecule has 0 atom stereocenters. The molecule has 0 radical (unpaired) electrons. The van der Waals surface area contributed by atoms with Crippen molar-refractivity contribution in [1.82, 2.24) is 9.88 Å². The van der Waals surface area contributed by atoms with Crippen LogP contribution in [0.4, 0.5) is 4.79 Å². The van der Waals surface area contributed by atoms with Crippen LogP contribution in [0.2, 0.25) is 0 Å². The van der Waals surface area contributed by atoms with E-state index in [0.717, 1.165) is 37.4 Å². The zero-order valence-corrected chi connectivity index (χ0v) is 14.6. The number of hydrogen-bond acceptors (Lipinski definition) is 4. The molecule has 1 amide bonds. The van der Waals surface area contributed by atoms with Gasteiger partial charge in [0.1, 0.15) is 5.60 Å². The molecule has 1 fully saturated rings. The highest BCUT2D eigenvalue weighted by Gasteiger charge is 2.26. The Kier molecular flexibility index (Phi) is 6.12. The third-order valence-corrected chi connectivity index (χ3v) is 4.86. The average Bonchev–Trinajstić information content (AvgIpc) is 2.47. The van der Waals surface area contributed by atoms with Crippen LogP contribution in [0.5, 0.6) is 0 Å². The zero-order chi connectivity index (χ0) is 16.0. The monoisotopic (exact) mass is 322 g/mol. The number of hydrogen-bond donors (Lipinski definition) is 0. The predicted octanol–water partition coefficient (Wildman–Crippen LogP) is 3.96. The van der Waals surface area contributed by atoms with Crippen molar-refractivity contribution in [2.75, 3.05) is 18.8 Å². The maximum atomic E-state index is 12.0. The number of aromatic nitrogens is 1. The first-order valence-electron chi connectivity index (χ1n) is 7.88. The summed E-state index contributed by atoms with van der Waals surface area (Å²) in [6, 6.07) is 4.10. The molecule has 0 aliphatic carbocycles. The lowest BCUT2D eigenvalue weighted by Crippen LogP contribution is -2.42. The van der Waals surface area contributed by atoms with Crippen LogP contribution in [0, 0.1) is 5.92 Å². The first kappa shape index (κ1) is 17.1. The van der Waals surface area contributed by atoms with E-state index in [2.05, 4.69) is 11.1 Å². The zero-order valence-electron chi connectivity index (χ0n) is 13.7. The number of nitrogens with zero attached hydrogens (tertiary/aromatic N) is 2. The highest BCUT2D eigenvalue weighted by molar-refractivity contribution is 7.98. The second-order valence-electron chi connectivity index (χ2n) is 6.79. The summed E-state index contributed by atoms with van der Waals surface area (Å²) >= 11 is 1.96. The number of pyridine rings is 1. The highest BCUT2D eigenvalue weighted by Crippen LogP contribution is 2.24. The van der Waals surface area contributed by atoms with E-state index in [1.54, 1.807) is 6.20 Å². The van der Waals surface area contributed by atoms with Crippen LogP contribution < -0.4 is 0 Å². The van der Waals surface area contributed by atoms with Crippen molar-refractivity contribution in [3.63, 3.8) is 0 Å². The fourth-order valence-corrected chi connectivity index (χ4v) is 3.63. The number of amides is 1. The van der Waals surface area contributed by atoms with E-state index in [1.165, 1.54) is 5.56 Å². The lowest BCUT2D eigenvalue weighted by Gasteiger charge is -2.33. The molecule has 0 bridgehead atoms. The van der Waals surface area contributed by atoms with Crippen LogP contribution in [0.15, 0.2) is 24.5 Å². The first-order chi connectivity index (χ1) is 10.4. The standard InChI is InChI=1S/C17H26N2O2S/c1-17(2,3)21-16(20)19-9-6-14(7-10-19)12-22-13-15-5-4-8-18-11-15/h4-5,8,11,14H,6-7,9-10,12-13H2,1-3H3. The van der Waals surface area contributed by atoms with Crippen molar-refractivity contribution in [3.05, 3.63) is 30.1 Å². The maximum Gasteiger partial charge on any atom is 0.410 e. The van der Waals surface area contributed by atoms with Crippen LogP contribution in [0.3, 0.4) is 0 Å². The third kappa shape index (κ3) is 5.87. The Morgan fingerprint density at radius 1 is 1.41 bits per heavy atom. The Labute approximate surface area is 137 Å². The third-order valence-electron chi connectivity index (χ3n) is 3.61. The SMILES string of the molecule is CC(C)(C)OC(=O)N1CCC(CSCc2cccnc2)CC1. The van der Waals surface area contributed by atoms with Gasteiger partial charge >= 0.3 is 6.09 Å². The minimum atomic E-state index is -0.409. The molecule has 1 aromatic heterocycles. The molecule has 0 saturated carbocycles. The Hall–Kier alpha value is -1.23. The van der Waals surface area contributed by atoms with E-state index in [0.29, 0.717) is 5.92 Å². The van der Waals surface area contributed by atoms with Gasteiger partial charge < -0.3 is 9.64 Å². The van der Waals surface area contributed by atoms with Gasteiger partial charge in [0.2, 0.25) is 0 Å². The second-order valence-corrected chi connectivity index (χ2v) is 7.82. The van der Waals surface area contributed by atoms with E-state index < -0.39 is 5.60 Å².